The van der Waals surface area contributed by atoms with Gasteiger partial charge in [-0.05, 0) is 48.3 Å². The molecule has 0 aliphatic heterocycles. The summed E-state index contributed by atoms with van der Waals surface area (Å²) in [4.78, 5) is 4.16. The molecule has 2 unspecified atom stereocenters. The Morgan fingerprint density at radius 2 is 2.33 bits per heavy atom. The zero-order chi connectivity index (χ0) is 10.3. The number of nitrogens with zero attached hydrogens (tertiary/aromatic N) is 1. The lowest BCUT2D eigenvalue weighted by molar-refractivity contribution is 0.447. The normalized spacial score (nSPS) is 33.9. The number of nitrogens with two attached hydrogens (primary N) is 1. The van der Waals surface area contributed by atoms with E-state index in [2.05, 4.69) is 17.1 Å². The highest BCUT2D eigenvalue weighted by molar-refractivity contribution is 5.66. The topological polar surface area (TPSA) is 38.9 Å². The summed E-state index contributed by atoms with van der Waals surface area (Å²) in [5.41, 5.74) is 9.18. The molecular weight excluding hydrogens is 184 g/mol. The maximum Gasteiger partial charge on any atom is 0.0342 e. The highest BCUT2D eigenvalue weighted by atomic mass is 14.8. The molecule has 1 heterocycles. The zero-order valence-electron chi connectivity index (χ0n) is 8.82. The number of rotatable bonds is 1. The molecule has 1 saturated carbocycles. The summed E-state index contributed by atoms with van der Waals surface area (Å²) >= 11 is 0. The monoisotopic (exact) mass is 200 g/mol. The Morgan fingerprint density at radius 1 is 1.47 bits per heavy atom. The zero-order valence-corrected chi connectivity index (χ0v) is 8.82. The molecule has 2 aliphatic rings. The Morgan fingerprint density at radius 3 is 2.87 bits per heavy atom. The Balaban J connectivity index is 1.80. The molecule has 2 heteroatoms. The fraction of sp³-hybridized carbons (Fsp3) is 0.462. The van der Waals surface area contributed by atoms with Gasteiger partial charge in [-0.25, -0.2) is 0 Å². The molecule has 2 atom stereocenters. The molecule has 3 rings (SSSR count). The third-order valence-corrected chi connectivity index (χ3v) is 3.93. The van der Waals surface area contributed by atoms with Crippen LogP contribution in [-0.2, 0) is 0 Å². The predicted octanol–water partition coefficient (Wildman–Crippen LogP) is 2.37. The Hall–Kier alpha value is -1.15. The molecule has 1 aromatic heterocycles. The van der Waals surface area contributed by atoms with Gasteiger partial charge in [-0.2, -0.15) is 0 Å². The summed E-state index contributed by atoms with van der Waals surface area (Å²) < 4.78 is 0. The van der Waals surface area contributed by atoms with Gasteiger partial charge >= 0.3 is 0 Å². The van der Waals surface area contributed by atoms with Crippen molar-refractivity contribution in [3.8, 4) is 0 Å². The van der Waals surface area contributed by atoms with Gasteiger partial charge in [0.15, 0.2) is 0 Å². The molecule has 15 heavy (non-hydrogen) atoms. The van der Waals surface area contributed by atoms with Crippen LogP contribution in [-0.4, -0.2) is 11.0 Å². The van der Waals surface area contributed by atoms with Gasteiger partial charge in [0.2, 0.25) is 0 Å². The van der Waals surface area contributed by atoms with E-state index in [1.165, 1.54) is 36.8 Å². The van der Waals surface area contributed by atoms with Crippen LogP contribution >= 0.6 is 0 Å². The van der Waals surface area contributed by atoms with Gasteiger partial charge in [0, 0.05) is 18.4 Å². The Bertz CT molecular complexity index is 396. The first-order chi connectivity index (χ1) is 7.30. The van der Waals surface area contributed by atoms with Gasteiger partial charge < -0.3 is 5.73 Å². The third kappa shape index (κ3) is 1.49. The first-order valence-electron chi connectivity index (χ1n) is 5.65. The smallest absolute Gasteiger partial charge is 0.0342 e. The number of pyridine rings is 1. The summed E-state index contributed by atoms with van der Waals surface area (Å²) in [5, 5.41) is 0. The molecule has 0 radical (unpaired) electrons. The third-order valence-electron chi connectivity index (χ3n) is 3.93. The van der Waals surface area contributed by atoms with Crippen molar-refractivity contribution in [2.24, 2.45) is 11.1 Å². The number of allylic oxidation sites excluding steroid dienone is 2. The average molecular weight is 200 g/mol. The lowest BCUT2D eigenvalue weighted by Crippen LogP contribution is -2.16. The first-order valence-corrected chi connectivity index (χ1v) is 5.65. The van der Waals surface area contributed by atoms with E-state index in [4.69, 9.17) is 5.73 Å². The molecule has 1 spiro atoms. The van der Waals surface area contributed by atoms with E-state index in [0.29, 0.717) is 11.5 Å². The van der Waals surface area contributed by atoms with Gasteiger partial charge in [0.25, 0.3) is 0 Å². The molecule has 2 aliphatic carbocycles. The summed E-state index contributed by atoms with van der Waals surface area (Å²) in [6, 6.07) is 4.61. The molecule has 78 valence electrons. The first kappa shape index (κ1) is 9.10. The summed E-state index contributed by atoms with van der Waals surface area (Å²) in [6.45, 7) is 0. The summed E-state index contributed by atoms with van der Waals surface area (Å²) in [6.07, 6.45) is 11.0. The van der Waals surface area contributed by atoms with Gasteiger partial charge in [0.05, 0.1) is 0 Å². The molecule has 0 aromatic carbocycles. The summed E-state index contributed by atoms with van der Waals surface area (Å²) in [5.74, 6) is 0. The summed E-state index contributed by atoms with van der Waals surface area (Å²) in [7, 11) is 0. The van der Waals surface area contributed by atoms with Crippen LogP contribution in [0.3, 0.4) is 0 Å². The second-order valence-corrected chi connectivity index (χ2v) is 4.85. The minimum atomic E-state index is 0.462. The van der Waals surface area contributed by atoms with E-state index in [-0.39, 0.29) is 0 Å². The van der Waals surface area contributed by atoms with E-state index >= 15 is 0 Å². The van der Waals surface area contributed by atoms with Crippen LogP contribution in [0.15, 0.2) is 30.6 Å². The standard InChI is InChI=1S/C13H16N2/c14-12-8-13(12)5-3-10(4-6-13)11-2-1-7-15-9-11/h1-3,7,9,12H,4-6,8,14H2. The molecule has 1 fully saturated rings. The number of hydrogen-bond acceptors (Lipinski definition) is 2. The van der Waals surface area contributed by atoms with Crippen molar-refractivity contribution in [2.45, 2.75) is 31.7 Å². The largest absolute Gasteiger partial charge is 0.327 e. The highest BCUT2D eigenvalue weighted by Crippen LogP contribution is 2.55. The minimum absolute atomic E-state index is 0.462. The predicted molar refractivity (Wildman–Crippen MR) is 61.1 cm³/mol. The number of hydrogen-bond donors (Lipinski definition) is 1. The molecule has 1 aromatic rings. The molecular formula is C13H16N2. The van der Waals surface area contributed by atoms with Crippen molar-refractivity contribution in [3.05, 3.63) is 36.2 Å². The average Bonchev–Trinajstić information content (AvgIpc) is 2.91. The van der Waals surface area contributed by atoms with Crippen molar-refractivity contribution in [3.63, 3.8) is 0 Å². The van der Waals surface area contributed by atoms with Gasteiger partial charge in [-0.3, -0.25) is 4.98 Å². The van der Waals surface area contributed by atoms with Gasteiger partial charge in [-0.15, -0.1) is 0 Å². The molecule has 0 amide bonds. The van der Waals surface area contributed by atoms with Crippen LogP contribution in [0.25, 0.3) is 5.57 Å². The highest BCUT2D eigenvalue weighted by Gasteiger charge is 2.51. The molecule has 2 nitrogen and oxygen atoms in total. The van der Waals surface area contributed by atoms with Crippen LogP contribution in [0.4, 0.5) is 0 Å². The van der Waals surface area contributed by atoms with Crippen LogP contribution in [0, 0.1) is 5.41 Å². The Kier molecular flexibility index (Phi) is 1.93. The Labute approximate surface area is 90.2 Å². The van der Waals surface area contributed by atoms with Crippen molar-refractivity contribution in [2.75, 3.05) is 0 Å². The molecule has 0 bridgehead atoms. The van der Waals surface area contributed by atoms with E-state index in [1.807, 2.05) is 18.5 Å². The van der Waals surface area contributed by atoms with E-state index in [0.717, 1.165) is 0 Å². The van der Waals surface area contributed by atoms with Crippen LogP contribution < -0.4 is 5.73 Å². The van der Waals surface area contributed by atoms with Gasteiger partial charge in [-0.1, -0.05) is 12.1 Å². The SMILES string of the molecule is NC1CC12CC=C(c1cccnc1)CC2. The number of aromatic nitrogens is 1. The second-order valence-electron chi connectivity index (χ2n) is 4.85. The maximum absolute atomic E-state index is 5.97. The second kappa shape index (κ2) is 3.17. The molecule has 0 saturated heterocycles. The van der Waals surface area contributed by atoms with E-state index < -0.39 is 0 Å². The van der Waals surface area contributed by atoms with Crippen molar-refractivity contribution in [1.29, 1.82) is 0 Å². The van der Waals surface area contributed by atoms with Crippen LogP contribution in [0.2, 0.25) is 0 Å². The van der Waals surface area contributed by atoms with E-state index in [9.17, 15) is 0 Å². The fourth-order valence-electron chi connectivity index (χ4n) is 2.63. The van der Waals surface area contributed by atoms with Gasteiger partial charge in [0.1, 0.15) is 0 Å². The fourth-order valence-corrected chi connectivity index (χ4v) is 2.63. The quantitative estimate of drug-likeness (QED) is 0.755. The van der Waals surface area contributed by atoms with E-state index in [1.54, 1.807) is 0 Å². The van der Waals surface area contributed by atoms with Crippen molar-refractivity contribution >= 4 is 5.57 Å². The lowest BCUT2D eigenvalue weighted by atomic mass is 9.84. The minimum Gasteiger partial charge on any atom is -0.327 e. The molecule has 2 N–H and O–H groups in total. The van der Waals surface area contributed by atoms with Crippen molar-refractivity contribution < 1.29 is 0 Å². The maximum atomic E-state index is 5.97. The van der Waals surface area contributed by atoms with Crippen molar-refractivity contribution in [1.82, 2.24) is 4.98 Å². The lowest BCUT2D eigenvalue weighted by Gasteiger charge is -2.21. The van der Waals surface area contributed by atoms with Crippen LogP contribution in [0.5, 0.6) is 0 Å². The van der Waals surface area contributed by atoms with Crippen LogP contribution in [0.1, 0.15) is 31.2 Å².